The van der Waals surface area contributed by atoms with Gasteiger partial charge in [0.25, 0.3) is 0 Å². The van der Waals surface area contributed by atoms with Gasteiger partial charge in [0, 0.05) is 44.4 Å². The number of nitrogens with zero attached hydrogens (tertiary/aromatic N) is 7. The van der Waals surface area contributed by atoms with Gasteiger partial charge in [-0.1, -0.05) is 5.21 Å². The van der Waals surface area contributed by atoms with Gasteiger partial charge in [-0.25, -0.2) is 17.9 Å². The third kappa shape index (κ3) is 21.4. The van der Waals surface area contributed by atoms with Crippen molar-refractivity contribution in [2.24, 2.45) is 5.92 Å². The monoisotopic (exact) mass is 1160 g/mol. The molecule has 5 heterocycles. The molecule has 2 saturated heterocycles. The summed E-state index contributed by atoms with van der Waals surface area (Å²) in [6.45, 7) is 5.76. The number of aliphatic hydroxyl groups excluding tert-OH is 1. The van der Waals surface area contributed by atoms with Crippen LogP contribution in [0.2, 0.25) is 5.28 Å². The lowest BCUT2D eigenvalue weighted by Gasteiger charge is -2.39. The molecule has 6 rings (SSSR count). The van der Waals surface area contributed by atoms with E-state index in [9.17, 15) is 41.9 Å². The Hall–Kier alpha value is -4.30. The van der Waals surface area contributed by atoms with Crippen LogP contribution in [0.3, 0.4) is 0 Å². The molecule has 0 aliphatic carbocycles. The normalized spacial score (nSPS) is 17.8. The van der Waals surface area contributed by atoms with Crippen LogP contribution in [0, 0.1) is 23.4 Å². The van der Waals surface area contributed by atoms with Crippen molar-refractivity contribution < 1.29 is 104 Å². The first kappa shape index (κ1) is 61.9. The zero-order chi connectivity index (χ0) is 55.2. The van der Waals surface area contributed by atoms with Crippen LogP contribution in [0.25, 0.3) is 11.0 Å². The van der Waals surface area contributed by atoms with Crippen LogP contribution in [-0.4, -0.2) is 205 Å². The number of rotatable bonds is 38. The van der Waals surface area contributed by atoms with Crippen LogP contribution in [0.1, 0.15) is 24.8 Å². The molecular formula is C44H62ClF3N8O19P2. The first-order valence-corrected chi connectivity index (χ1v) is 28.2. The van der Waals surface area contributed by atoms with E-state index in [4.69, 9.17) is 68.5 Å². The van der Waals surface area contributed by atoms with Crippen molar-refractivity contribution >= 4 is 55.5 Å². The summed E-state index contributed by atoms with van der Waals surface area (Å²) in [6.07, 6.45) is 0.184. The number of nitrogens with one attached hydrogen (secondary N) is 1. The van der Waals surface area contributed by atoms with E-state index in [-0.39, 0.29) is 63.0 Å². The topological polar surface area (TPSA) is 327 Å². The second-order valence-electron chi connectivity index (χ2n) is 17.1. The number of amides is 1. The first-order valence-electron chi connectivity index (χ1n) is 24.2. The molecule has 0 bridgehead atoms. The van der Waals surface area contributed by atoms with Gasteiger partial charge in [-0.05, 0) is 17.7 Å². The molecule has 430 valence electrons. The number of anilines is 1. The number of fused-ring (bicyclic) bond motifs is 1. The molecule has 3 aromatic heterocycles. The lowest BCUT2D eigenvalue weighted by Crippen LogP contribution is -2.54. The maximum absolute atomic E-state index is 13.6. The van der Waals surface area contributed by atoms with Gasteiger partial charge >= 0.3 is 21.2 Å². The van der Waals surface area contributed by atoms with E-state index in [1.807, 2.05) is 4.90 Å². The van der Waals surface area contributed by atoms with Crippen molar-refractivity contribution in [1.29, 1.82) is 0 Å². The molecule has 0 spiro atoms. The molecule has 1 unspecified atom stereocenters. The molecule has 4 aromatic rings. The van der Waals surface area contributed by atoms with Crippen molar-refractivity contribution in [3.63, 3.8) is 0 Å². The Kier molecular flexibility index (Phi) is 25.3. The zero-order valence-electron chi connectivity index (χ0n) is 41.6. The van der Waals surface area contributed by atoms with E-state index < -0.39 is 75.3 Å². The van der Waals surface area contributed by atoms with Gasteiger partial charge in [-0.2, -0.15) is 9.97 Å². The van der Waals surface area contributed by atoms with E-state index in [2.05, 4.69) is 30.3 Å². The number of ether oxygens (including phenoxy) is 10. The Bertz CT molecular complexity index is 2560. The average Bonchev–Trinajstić information content (AvgIpc) is 4.13. The number of halogens is 4. The molecular weight excluding hydrogens is 1100 g/mol. The third-order valence-corrected chi connectivity index (χ3v) is 14.7. The second kappa shape index (κ2) is 31.5. The fourth-order valence-corrected chi connectivity index (χ4v) is 10.2. The lowest BCUT2D eigenvalue weighted by molar-refractivity contribution is -0.136. The molecule has 4 atom stereocenters. The maximum atomic E-state index is 13.6. The standard InChI is InChI=1S/C44H62ClF3N8O19P2/c45-44-50-40(34-1-4-56(41(34)51-44)43-37(57)23-33(74-43)28-73-77(63,64)29-76(60,61)62)54-24-30(25-54)42(59)49-3-7-66-10-13-69-17-18-71-19-20-72-27-32-26-55(53-52-32)5-8-67-11-14-70-16-15-68-12-9-65-6-2-38(58)75-39-35(47)21-31(46)22-36(39)48/h1,4,21-22,26,30,33,37,43,57H,2-3,5-20,23-25,27-29H2,(H,49,59)(H,63,64)(H2,60,61,62)/t33-,37+,43+/m0/s1. The number of aromatic nitrogens is 6. The number of carbonyl (C=O) groups is 2. The van der Waals surface area contributed by atoms with Gasteiger partial charge < -0.3 is 86.5 Å². The van der Waals surface area contributed by atoms with Crippen LogP contribution in [0.15, 0.2) is 30.6 Å². The van der Waals surface area contributed by atoms with Crippen molar-refractivity contribution in [2.45, 2.75) is 44.4 Å². The van der Waals surface area contributed by atoms with Gasteiger partial charge in [0.1, 0.15) is 29.1 Å². The molecule has 2 aliphatic rings. The number of hydrogen-bond acceptors (Lipinski definition) is 21. The Labute approximate surface area is 444 Å². The summed E-state index contributed by atoms with van der Waals surface area (Å²) in [5, 5.41) is 22.3. The van der Waals surface area contributed by atoms with Crippen LogP contribution in [0.4, 0.5) is 19.0 Å². The number of benzene rings is 1. The molecule has 77 heavy (non-hydrogen) atoms. The Morgan fingerprint density at radius 2 is 1.39 bits per heavy atom. The van der Waals surface area contributed by atoms with Crippen molar-refractivity contribution in [3.05, 3.63) is 59.0 Å². The Balaban J connectivity index is 0.691. The van der Waals surface area contributed by atoms with E-state index >= 15 is 0 Å². The zero-order valence-corrected chi connectivity index (χ0v) is 44.2. The predicted molar refractivity (Wildman–Crippen MR) is 260 cm³/mol. The highest BCUT2D eigenvalue weighted by molar-refractivity contribution is 7.70. The van der Waals surface area contributed by atoms with Gasteiger partial charge in [-0.3, -0.25) is 18.7 Å². The minimum absolute atomic E-state index is 0.00198. The Morgan fingerprint density at radius 3 is 2.01 bits per heavy atom. The molecule has 27 nitrogen and oxygen atoms in total. The average molecular weight is 1160 g/mol. The molecule has 2 aliphatic heterocycles. The SMILES string of the molecule is O=C(CCOCCOCCOCCOCCn1cc(COCCOCCOCCOCCNC(=O)C2CN(c3nc(Cl)nc4c3ccn4[C@@H]3O[C@H](COP(=O)(O)CP(=O)(O)O)C[C@H]3O)C2)nn1)Oc1c(F)cc(F)cc1F. The van der Waals surface area contributed by atoms with Crippen molar-refractivity contribution in [1.82, 2.24) is 34.8 Å². The number of hydrogen-bond donors (Lipinski definition) is 5. The second-order valence-corrected chi connectivity index (χ2v) is 21.4. The molecule has 1 amide bonds. The van der Waals surface area contributed by atoms with Gasteiger partial charge in [-0.15, -0.1) is 5.10 Å². The highest BCUT2D eigenvalue weighted by atomic mass is 35.5. The van der Waals surface area contributed by atoms with E-state index in [0.717, 1.165) is 0 Å². The molecule has 0 saturated carbocycles. The number of aliphatic hydroxyl groups is 1. The summed E-state index contributed by atoms with van der Waals surface area (Å²) in [7, 11) is -9.43. The Morgan fingerprint density at radius 1 is 0.805 bits per heavy atom. The minimum Gasteiger partial charge on any atom is -0.420 e. The summed E-state index contributed by atoms with van der Waals surface area (Å²) in [5.41, 5.74) is 0.994. The smallest absolute Gasteiger partial charge is 0.340 e. The summed E-state index contributed by atoms with van der Waals surface area (Å²) in [6, 6.07) is 2.54. The summed E-state index contributed by atoms with van der Waals surface area (Å²) >= 11 is 6.29. The lowest BCUT2D eigenvalue weighted by atomic mass is 9.99. The summed E-state index contributed by atoms with van der Waals surface area (Å²) in [5.74, 6) is -6.98. The fourth-order valence-electron chi connectivity index (χ4n) is 7.42. The maximum Gasteiger partial charge on any atom is 0.340 e. The van der Waals surface area contributed by atoms with Crippen molar-refractivity contribution in [3.8, 4) is 5.75 Å². The first-order chi connectivity index (χ1) is 36.9. The van der Waals surface area contributed by atoms with E-state index in [1.165, 1.54) is 4.57 Å². The molecule has 1 aromatic carbocycles. The summed E-state index contributed by atoms with van der Waals surface area (Å²) in [4.78, 5) is 63.0. The van der Waals surface area contributed by atoms with E-state index in [1.54, 1.807) is 23.1 Å². The number of carbonyl (C=O) groups excluding carboxylic acids is 2. The third-order valence-electron chi connectivity index (χ3n) is 11.0. The van der Waals surface area contributed by atoms with E-state index in [0.29, 0.717) is 134 Å². The summed E-state index contributed by atoms with van der Waals surface area (Å²) < 4.78 is 126. The van der Waals surface area contributed by atoms with Gasteiger partial charge in [0.05, 0.1) is 149 Å². The number of esters is 1. The van der Waals surface area contributed by atoms with Crippen LogP contribution in [0.5, 0.6) is 5.75 Å². The fraction of sp³-hybridized carbons (Fsp3) is 0.636. The quantitative estimate of drug-likeness (QED) is 0.0141. The minimum atomic E-state index is -4.81. The highest BCUT2D eigenvalue weighted by Gasteiger charge is 2.40. The predicted octanol–water partition coefficient (Wildman–Crippen LogP) is 1.96. The van der Waals surface area contributed by atoms with Gasteiger partial charge in [0.2, 0.25) is 16.9 Å². The van der Waals surface area contributed by atoms with Crippen LogP contribution < -0.4 is 15.0 Å². The molecule has 2 fully saturated rings. The molecule has 0 radical (unpaired) electrons. The molecule has 5 N–H and O–H groups in total. The molecule has 33 heteroatoms. The highest BCUT2D eigenvalue weighted by Crippen LogP contribution is 2.55. The van der Waals surface area contributed by atoms with Gasteiger partial charge in [0.15, 0.2) is 23.8 Å². The van der Waals surface area contributed by atoms with Crippen LogP contribution in [-0.2, 0) is 79.0 Å². The largest absolute Gasteiger partial charge is 0.420 e. The van der Waals surface area contributed by atoms with Crippen LogP contribution >= 0.6 is 26.8 Å². The van der Waals surface area contributed by atoms with Crippen molar-refractivity contribution in [2.75, 3.05) is 136 Å².